The van der Waals surface area contributed by atoms with Crippen molar-refractivity contribution in [1.82, 2.24) is 4.90 Å². The number of thioether (sulfide) groups is 1. The number of nitrogens with zero attached hydrogens (tertiary/aromatic N) is 3. The number of allylic oxidation sites excluding steroid dienone is 1. The molecule has 2 heterocycles. The Morgan fingerprint density at radius 2 is 1.97 bits per heavy atom. The van der Waals surface area contributed by atoms with Gasteiger partial charge < -0.3 is 14.4 Å². The van der Waals surface area contributed by atoms with Gasteiger partial charge in [-0.25, -0.2) is 0 Å². The number of amides is 1. The van der Waals surface area contributed by atoms with Crippen molar-refractivity contribution < 1.29 is 14.3 Å². The minimum Gasteiger partial charge on any atom is -0.497 e. The molecule has 2 aliphatic heterocycles. The zero-order chi connectivity index (χ0) is 21.3. The normalized spacial score (nSPS) is 18.7. The summed E-state index contributed by atoms with van der Waals surface area (Å²) in [5, 5.41) is 10.8. The SMILES string of the molecule is COc1ccc([C@H]2CC(=O)N3CN(c4ccccc4C)CSC3=C2C#N)c(OC)c1. The fraction of sp³-hybridized carbons (Fsp3) is 0.304. The topological polar surface area (TPSA) is 65.8 Å². The molecule has 4 rings (SSSR count). The Morgan fingerprint density at radius 3 is 2.67 bits per heavy atom. The summed E-state index contributed by atoms with van der Waals surface area (Å²) in [6, 6.07) is 16.0. The monoisotopic (exact) mass is 421 g/mol. The third kappa shape index (κ3) is 3.48. The van der Waals surface area contributed by atoms with Crippen LogP contribution < -0.4 is 14.4 Å². The number of para-hydroxylation sites is 1. The second-order valence-electron chi connectivity index (χ2n) is 7.26. The molecule has 0 bridgehead atoms. The standard InChI is InChI=1S/C23H23N3O3S/c1-15-6-4-5-7-20(15)25-13-26-22(27)11-18(19(12-24)23(26)30-14-25)17-9-8-16(28-2)10-21(17)29-3/h4-10,18H,11,13-14H2,1-3H3/t18-/m1/s1. The summed E-state index contributed by atoms with van der Waals surface area (Å²) < 4.78 is 10.8. The van der Waals surface area contributed by atoms with Gasteiger partial charge in [0.2, 0.25) is 5.91 Å². The Hall–Kier alpha value is -3.11. The first-order valence-corrected chi connectivity index (χ1v) is 10.7. The highest BCUT2D eigenvalue weighted by Crippen LogP contribution is 2.46. The quantitative estimate of drug-likeness (QED) is 0.736. The van der Waals surface area contributed by atoms with Gasteiger partial charge in [-0.15, -0.1) is 0 Å². The fourth-order valence-corrected chi connectivity index (χ4v) is 5.16. The molecule has 6 nitrogen and oxygen atoms in total. The fourth-order valence-electron chi connectivity index (χ4n) is 4.01. The zero-order valence-electron chi connectivity index (χ0n) is 17.2. The molecule has 7 heteroatoms. The van der Waals surface area contributed by atoms with Crippen molar-refractivity contribution in [3.05, 3.63) is 64.2 Å². The molecule has 1 saturated heterocycles. The van der Waals surface area contributed by atoms with E-state index in [1.807, 2.05) is 24.3 Å². The number of nitriles is 1. The van der Waals surface area contributed by atoms with E-state index < -0.39 is 0 Å². The molecule has 2 aliphatic rings. The Bertz CT molecular complexity index is 1060. The number of benzene rings is 2. The summed E-state index contributed by atoms with van der Waals surface area (Å²) in [5.74, 6) is 1.66. The van der Waals surface area contributed by atoms with E-state index in [-0.39, 0.29) is 18.2 Å². The van der Waals surface area contributed by atoms with E-state index in [0.29, 0.717) is 29.6 Å². The second kappa shape index (κ2) is 8.33. The number of hydrogen-bond acceptors (Lipinski definition) is 6. The molecule has 0 unspecified atom stereocenters. The Morgan fingerprint density at radius 1 is 1.17 bits per heavy atom. The van der Waals surface area contributed by atoms with Gasteiger partial charge in [0.15, 0.2) is 0 Å². The lowest BCUT2D eigenvalue weighted by atomic mass is 9.86. The Kier molecular flexibility index (Phi) is 5.60. The highest BCUT2D eigenvalue weighted by Gasteiger charge is 2.39. The smallest absolute Gasteiger partial charge is 0.229 e. The number of fused-ring (bicyclic) bond motifs is 1. The van der Waals surface area contributed by atoms with E-state index in [1.54, 1.807) is 25.2 Å². The predicted molar refractivity (Wildman–Crippen MR) is 117 cm³/mol. The number of methoxy groups -OCH3 is 2. The van der Waals surface area contributed by atoms with Crippen LogP contribution in [0, 0.1) is 18.3 Å². The Labute approximate surface area is 180 Å². The van der Waals surface area contributed by atoms with Crippen LogP contribution in [0.15, 0.2) is 53.1 Å². The first-order valence-electron chi connectivity index (χ1n) is 9.67. The van der Waals surface area contributed by atoms with Gasteiger partial charge in [0, 0.05) is 29.7 Å². The van der Waals surface area contributed by atoms with Gasteiger partial charge in [0.1, 0.15) is 11.5 Å². The van der Waals surface area contributed by atoms with Crippen LogP contribution >= 0.6 is 11.8 Å². The highest BCUT2D eigenvalue weighted by molar-refractivity contribution is 8.03. The van der Waals surface area contributed by atoms with Crippen LogP contribution in [0.25, 0.3) is 0 Å². The number of ether oxygens (including phenoxy) is 2. The van der Waals surface area contributed by atoms with Crippen molar-refractivity contribution in [3.8, 4) is 17.6 Å². The molecule has 2 aromatic rings. The number of rotatable bonds is 4. The lowest BCUT2D eigenvalue weighted by Gasteiger charge is -2.42. The van der Waals surface area contributed by atoms with Crippen molar-refractivity contribution in [2.75, 3.05) is 31.7 Å². The highest BCUT2D eigenvalue weighted by atomic mass is 32.2. The van der Waals surface area contributed by atoms with Gasteiger partial charge in [-0.3, -0.25) is 9.69 Å². The average molecular weight is 422 g/mol. The molecular formula is C23H23N3O3S. The second-order valence-corrected chi connectivity index (χ2v) is 8.19. The molecule has 0 aromatic heterocycles. The van der Waals surface area contributed by atoms with Crippen molar-refractivity contribution in [1.29, 1.82) is 5.26 Å². The lowest BCUT2D eigenvalue weighted by molar-refractivity contribution is -0.129. The minimum absolute atomic E-state index is 0.0117. The summed E-state index contributed by atoms with van der Waals surface area (Å²) in [4.78, 5) is 17.0. The van der Waals surface area contributed by atoms with Crippen LogP contribution in [0.3, 0.4) is 0 Å². The summed E-state index contributed by atoms with van der Waals surface area (Å²) >= 11 is 1.54. The van der Waals surface area contributed by atoms with E-state index in [9.17, 15) is 10.1 Å². The van der Waals surface area contributed by atoms with Crippen molar-refractivity contribution in [2.24, 2.45) is 0 Å². The molecule has 1 atom stereocenters. The predicted octanol–water partition coefficient (Wildman–Crippen LogP) is 4.23. The van der Waals surface area contributed by atoms with Crippen LogP contribution in [0.1, 0.15) is 23.5 Å². The van der Waals surface area contributed by atoms with Crippen LogP contribution in [-0.4, -0.2) is 37.6 Å². The molecular weight excluding hydrogens is 398 g/mol. The summed E-state index contributed by atoms with van der Waals surface area (Å²) in [6.07, 6.45) is 0.233. The third-order valence-corrected chi connectivity index (χ3v) is 6.72. The van der Waals surface area contributed by atoms with Gasteiger partial charge in [0.05, 0.1) is 43.4 Å². The molecule has 0 spiro atoms. The summed E-state index contributed by atoms with van der Waals surface area (Å²) in [5.41, 5.74) is 3.72. The molecule has 0 aliphatic carbocycles. The largest absolute Gasteiger partial charge is 0.497 e. The van der Waals surface area contributed by atoms with Crippen LogP contribution in [0.5, 0.6) is 11.5 Å². The van der Waals surface area contributed by atoms with E-state index in [4.69, 9.17) is 9.47 Å². The first-order chi connectivity index (χ1) is 14.6. The molecule has 0 saturated carbocycles. The number of anilines is 1. The van der Waals surface area contributed by atoms with Crippen molar-refractivity contribution in [3.63, 3.8) is 0 Å². The Balaban J connectivity index is 1.70. The average Bonchev–Trinajstić information content (AvgIpc) is 2.78. The maximum atomic E-state index is 13.1. The molecule has 0 N–H and O–H groups in total. The summed E-state index contributed by atoms with van der Waals surface area (Å²) in [6.45, 7) is 2.51. The zero-order valence-corrected chi connectivity index (χ0v) is 18.0. The van der Waals surface area contributed by atoms with Crippen LogP contribution in [0.2, 0.25) is 0 Å². The van der Waals surface area contributed by atoms with Gasteiger partial charge in [-0.2, -0.15) is 5.26 Å². The summed E-state index contributed by atoms with van der Waals surface area (Å²) in [7, 11) is 3.18. The van der Waals surface area contributed by atoms with Crippen LogP contribution in [-0.2, 0) is 4.79 Å². The number of hydrogen-bond donors (Lipinski definition) is 0. The maximum absolute atomic E-state index is 13.1. The van der Waals surface area contributed by atoms with Crippen molar-refractivity contribution >= 4 is 23.4 Å². The van der Waals surface area contributed by atoms with E-state index in [0.717, 1.165) is 21.8 Å². The van der Waals surface area contributed by atoms with Gasteiger partial charge in [-0.1, -0.05) is 36.0 Å². The van der Waals surface area contributed by atoms with E-state index in [2.05, 4.69) is 30.0 Å². The molecule has 30 heavy (non-hydrogen) atoms. The molecule has 154 valence electrons. The molecule has 1 amide bonds. The lowest BCUT2D eigenvalue weighted by Crippen LogP contribution is -2.47. The van der Waals surface area contributed by atoms with Crippen LogP contribution in [0.4, 0.5) is 5.69 Å². The van der Waals surface area contributed by atoms with E-state index >= 15 is 0 Å². The molecule has 1 fully saturated rings. The van der Waals surface area contributed by atoms with Gasteiger partial charge in [-0.05, 0) is 24.6 Å². The number of carbonyl (C=O) groups excluding carboxylic acids is 1. The van der Waals surface area contributed by atoms with Gasteiger partial charge in [0.25, 0.3) is 0 Å². The van der Waals surface area contributed by atoms with Crippen molar-refractivity contribution in [2.45, 2.75) is 19.3 Å². The van der Waals surface area contributed by atoms with E-state index in [1.165, 1.54) is 11.8 Å². The third-order valence-electron chi connectivity index (χ3n) is 5.57. The molecule has 2 aromatic carbocycles. The van der Waals surface area contributed by atoms with Gasteiger partial charge >= 0.3 is 0 Å². The number of carbonyl (C=O) groups is 1. The molecule has 0 radical (unpaired) electrons. The number of aryl methyl sites for hydroxylation is 1. The minimum atomic E-state index is -0.327. The first kappa shape index (κ1) is 20.2. The maximum Gasteiger partial charge on any atom is 0.229 e.